The van der Waals surface area contributed by atoms with Gasteiger partial charge in [-0.15, -0.1) is 21.5 Å². The summed E-state index contributed by atoms with van der Waals surface area (Å²) in [5.41, 5.74) is 0.561. The first-order valence-corrected chi connectivity index (χ1v) is 13.9. The molecule has 2 N–H and O–H groups in total. The summed E-state index contributed by atoms with van der Waals surface area (Å²) in [5.74, 6) is 0.768. The molecule has 3 aromatic rings. The molecule has 3 aromatic heterocycles. The Morgan fingerprint density at radius 3 is 2.69 bits per heavy atom. The summed E-state index contributed by atoms with van der Waals surface area (Å²) >= 11 is 1.51. The van der Waals surface area contributed by atoms with Gasteiger partial charge in [0, 0.05) is 35.5 Å². The molecule has 0 unspecified atom stereocenters. The smallest absolute Gasteiger partial charge is 0.311 e. The van der Waals surface area contributed by atoms with Gasteiger partial charge in [-0.3, -0.25) is 18.8 Å². The molecule has 2 aliphatic carbocycles. The van der Waals surface area contributed by atoms with Crippen molar-refractivity contribution in [1.29, 1.82) is 0 Å². The fourth-order valence-corrected chi connectivity index (χ4v) is 6.16. The third-order valence-electron chi connectivity index (χ3n) is 6.84. The maximum absolute atomic E-state index is 13.4. The van der Waals surface area contributed by atoms with Crippen LogP contribution in [0.3, 0.4) is 0 Å². The lowest BCUT2D eigenvalue weighted by molar-refractivity contribution is -0.153. The van der Waals surface area contributed by atoms with Gasteiger partial charge in [0.15, 0.2) is 0 Å². The SMILES string of the molecule is Cn1nc(C(F)F)cc1Nc1nncn1[C@H]1CCc2sc(CC(=O)OC(C)(C)C)c(C(=O)NCC3CC3)c2C1. The molecule has 1 amide bonds. The van der Waals surface area contributed by atoms with Gasteiger partial charge in [0.25, 0.3) is 12.3 Å². The van der Waals surface area contributed by atoms with E-state index in [1.54, 1.807) is 13.4 Å². The zero-order chi connectivity index (χ0) is 27.9. The van der Waals surface area contributed by atoms with Crippen LogP contribution in [0.5, 0.6) is 0 Å². The largest absolute Gasteiger partial charge is 0.460 e. The maximum Gasteiger partial charge on any atom is 0.311 e. The average molecular weight is 562 g/mol. The highest BCUT2D eigenvalue weighted by Gasteiger charge is 2.33. The second-order valence-electron chi connectivity index (χ2n) is 11.2. The predicted molar refractivity (Wildman–Crippen MR) is 141 cm³/mol. The number of alkyl halides is 2. The number of anilines is 2. The Balaban J connectivity index is 1.40. The van der Waals surface area contributed by atoms with E-state index in [9.17, 15) is 18.4 Å². The quantitative estimate of drug-likeness (QED) is 0.370. The van der Waals surface area contributed by atoms with Crippen molar-refractivity contribution in [2.75, 3.05) is 11.9 Å². The molecule has 5 rings (SSSR count). The number of aryl methyl sites for hydroxylation is 2. The molecule has 1 atom stereocenters. The summed E-state index contributed by atoms with van der Waals surface area (Å²) in [5, 5.41) is 18.2. The van der Waals surface area contributed by atoms with Gasteiger partial charge in [-0.2, -0.15) is 5.10 Å². The van der Waals surface area contributed by atoms with Crippen molar-refractivity contribution in [2.24, 2.45) is 13.0 Å². The number of hydrogen-bond acceptors (Lipinski definition) is 8. The molecule has 10 nitrogen and oxygen atoms in total. The second kappa shape index (κ2) is 10.7. The summed E-state index contributed by atoms with van der Waals surface area (Å²) in [4.78, 5) is 27.9. The number of halogens is 2. The number of amides is 1. The summed E-state index contributed by atoms with van der Waals surface area (Å²) in [6.45, 7) is 6.10. The molecule has 39 heavy (non-hydrogen) atoms. The van der Waals surface area contributed by atoms with E-state index in [0.29, 0.717) is 36.2 Å². The van der Waals surface area contributed by atoms with Crippen molar-refractivity contribution < 1.29 is 23.1 Å². The van der Waals surface area contributed by atoms with E-state index in [1.807, 2.05) is 25.3 Å². The number of carbonyl (C=O) groups is 2. The molecule has 13 heteroatoms. The number of aromatic nitrogens is 5. The highest BCUT2D eigenvalue weighted by Crippen LogP contribution is 2.40. The van der Waals surface area contributed by atoms with Crippen molar-refractivity contribution in [2.45, 2.75) is 77.4 Å². The van der Waals surface area contributed by atoms with Crippen LogP contribution < -0.4 is 10.6 Å². The van der Waals surface area contributed by atoms with E-state index in [-0.39, 0.29) is 30.0 Å². The van der Waals surface area contributed by atoms with Crippen molar-refractivity contribution in [3.05, 3.63) is 39.0 Å². The Morgan fingerprint density at radius 1 is 1.26 bits per heavy atom. The monoisotopic (exact) mass is 561 g/mol. The number of fused-ring (bicyclic) bond motifs is 1. The number of rotatable bonds is 9. The first kappa shape index (κ1) is 27.2. The molecule has 0 aliphatic heterocycles. The van der Waals surface area contributed by atoms with Crippen molar-refractivity contribution in [3.8, 4) is 0 Å². The minimum atomic E-state index is -2.68. The van der Waals surface area contributed by atoms with Gasteiger partial charge >= 0.3 is 5.97 Å². The molecule has 2 aliphatic rings. The fraction of sp³-hybridized carbons (Fsp3) is 0.577. The van der Waals surface area contributed by atoms with Crippen LogP contribution in [0.25, 0.3) is 0 Å². The molecular weight excluding hydrogens is 528 g/mol. The van der Waals surface area contributed by atoms with Gasteiger partial charge in [0.05, 0.1) is 12.0 Å². The number of nitrogens with zero attached hydrogens (tertiary/aromatic N) is 5. The maximum atomic E-state index is 13.4. The summed E-state index contributed by atoms with van der Waals surface area (Å²) in [6, 6.07) is 1.21. The van der Waals surface area contributed by atoms with Crippen LogP contribution in [-0.2, 0) is 35.8 Å². The summed E-state index contributed by atoms with van der Waals surface area (Å²) in [6.07, 6.45) is 3.23. The van der Waals surface area contributed by atoms with Crippen molar-refractivity contribution in [1.82, 2.24) is 29.9 Å². The van der Waals surface area contributed by atoms with Gasteiger partial charge in [0.1, 0.15) is 23.4 Å². The van der Waals surface area contributed by atoms with Crippen LogP contribution in [0.4, 0.5) is 20.5 Å². The number of ether oxygens (including phenoxy) is 1. The van der Waals surface area contributed by atoms with E-state index < -0.39 is 12.0 Å². The zero-order valence-electron chi connectivity index (χ0n) is 22.5. The normalized spacial score (nSPS) is 17.3. The second-order valence-corrected chi connectivity index (χ2v) is 12.4. The van der Waals surface area contributed by atoms with Gasteiger partial charge < -0.3 is 15.4 Å². The van der Waals surface area contributed by atoms with E-state index in [1.165, 1.54) is 22.1 Å². The highest BCUT2D eigenvalue weighted by atomic mass is 32.1. The Labute approximate surface area is 229 Å². The van der Waals surface area contributed by atoms with Gasteiger partial charge in [0.2, 0.25) is 5.95 Å². The number of hydrogen-bond donors (Lipinski definition) is 2. The van der Waals surface area contributed by atoms with Crippen LogP contribution in [0.15, 0.2) is 12.4 Å². The van der Waals surface area contributed by atoms with Crippen LogP contribution in [0.2, 0.25) is 0 Å². The Kier molecular flexibility index (Phi) is 7.45. The van der Waals surface area contributed by atoms with Crippen LogP contribution >= 0.6 is 11.3 Å². The topological polar surface area (TPSA) is 116 Å². The van der Waals surface area contributed by atoms with E-state index in [4.69, 9.17) is 4.74 Å². The lowest BCUT2D eigenvalue weighted by Crippen LogP contribution is -2.29. The molecule has 3 heterocycles. The lowest BCUT2D eigenvalue weighted by atomic mass is 9.90. The average Bonchev–Trinajstić information content (AvgIpc) is 3.26. The van der Waals surface area contributed by atoms with Gasteiger partial charge in [-0.05, 0) is 64.4 Å². The third kappa shape index (κ3) is 6.29. The number of thiophene rings is 1. The fourth-order valence-electron chi connectivity index (χ4n) is 4.83. The zero-order valence-corrected chi connectivity index (χ0v) is 23.3. The summed E-state index contributed by atoms with van der Waals surface area (Å²) < 4.78 is 35.0. The molecule has 0 radical (unpaired) electrons. The van der Waals surface area contributed by atoms with Crippen molar-refractivity contribution >= 4 is 35.0 Å². The molecule has 0 aromatic carbocycles. The minimum Gasteiger partial charge on any atom is -0.460 e. The third-order valence-corrected chi connectivity index (χ3v) is 8.13. The van der Waals surface area contributed by atoms with E-state index in [2.05, 4.69) is 25.9 Å². The van der Waals surface area contributed by atoms with Gasteiger partial charge in [-0.1, -0.05) is 0 Å². The first-order valence-electron chi connectivity index (χ1n) is 13.1. The molecule has 0 spiro atoms. The number of carbonyl (C=O) groups excluding carboxylic acids is 2. The molecule has 1 saturated carbocycles. The number of esters is 1. The number of nitrogens with one attached hydrogen (secondary N) is 2. The lowest BCUT2D eigenvalue weighted by Gasteiger charge is -2.25. The minimum absolute atomic E-state index is 0.0399. The standard InChI is InChI=1S/C26H33F2N7O3S/c1-26(2,3)38-21(36)11-19-22(24(37)29-12-14-5-6-14)16-9-15(7-8-18(16)39-19)35-13-30-32-25(35)31-20-10-17(23(27)28)33-34(20)4/h10,13-15,23H,5-9,11-12H2,1-4H3,(H,29,37)(H,31,32)/t15-/m0/s1. The van der Waals surface area contributed by atoms with Crippen LogP contribution in [-0.4, -0.2) is 48.6 Å². The Bertz CT molecular complexity index is 1370. The highest BCUT2D eigenvalue weighted by molar-refractivity contribution is 7.12. The summed E-state index contributed by atoms with van der Waals surface area (Å²) in [7, 11) is 1.58. The molecular formula is C26H33F2N7O3S. The van der Waals surface area contributed by atoms with Crippen LogP contribution in [0.1, 0.15) is 83.9 Å². The molecule has 1 fully saturated rings. The molecule has 0 saturated heterocycles. The Morgan fingerprint density at radius 2 is 2.03 bits per heavy atom. The first-order chi connectivity index (χ1) is 18.5. The van der Waals surface area contributed by atoms with Gasteiger partial charge in [-0.25, -0.2) is 8.78 Å². The van der Waals surface area contributed by atoms with Crippen LogP contribution in [0, 0.1) is 5.92 Å². The predicted octanol–water partition coefficient (Wildman–Crippen LogP) is 4.51. The van der Waals surface area contributed by atoms with E-state index in [0.717, 1.165) is 41.0 Å². The molecule has 210 valence electrons. The Hall–Kier alpha value is -3.35. The van der Waals surface area contributed by atoms with E-state index >= 15 is 0 Å². The molecule has 0 bridgehead atoms. The van der Waals surface area contributed by atoms with Crippen molar-refractivity contribution in [3.63, 3.8) is 0 Å².